The Morgan fingerprint density at radius 2 is 2.00 bits per heavy atom. The van der Waals surface area contributed by atoms with E-state index in [1.54, 1.807) is 14.2 Å². The number of rotatable bonds is 3. The van der Waals surface area contributed by atoms with Crippen LogP contribution in [0.4, 0.5) is 0 Å². The van der Waals surface area contributed by atoms with Crippen molar-refractivity contribution in [3.05, 3.63) is 23.0 Å². The van der Waals surface area contributed by atoms with E-state index < -0.39 is 0 Å². The van der Waals surface area contributed by atoms with Crippen LogP contribution < -0.4 is 15.4 Å². The third-order valence-corrected chi connectivity index (χ3v) is 2.89. The molecule has 0 bridgehead atoms. The first-order chi connectivity index (χ1) is 9.28. The average molecular weight is 278 g/mol. The summed E-state index contributed by atoms with van der Waals surface area (Å²) in [5, 5.41) is 6.59. The van der Waals surface area contributed by atoms with Crippen molar-refractivity contribution in [2.75, 3.05) is 14.2 Å². The van der Waals surface area contributed by atoms with Crippen molar-refractivity contribution in [3.63, 3.8) is 0 Å². The fraction of sp³-hybridized carbons (Fsp3) is 0.600. The number of hydrogen-bond donors (Lipinski definition) is 2. The molecule has 0 aromatic carbocycles. The third kappa shape index (κ3) is 4.40. The van der Waals surface area contributed by atoms with Crippen molar-refractivity contribution in [1.82, 2.24) is 15.6 Å². The molecular weight excluding hydrogens is 252 g/mol. The lowest BCUT2D eigenvalue weighted by atomic mass is 10.1. The van der Waals surface area contributed by atoms with E-state index in [9.17, 15) is 0 Å². The molecule has 5 nitrogen and oxygen atoms in total. The molecule has 5 heteroatoms. The molecule has 0 radical (unpaired) electrons. The predicted molar refractivity (Wildman–Crippen MR) is 83.4 cm³/mol. The van der Waals surface area contributed by atoms with Crippen molar-refractivity contribution >= 4 is 5.96 Å². The molecule has 0 atom stereocenters. The Labute approximate surface area is 121 Å². The maximum Gasteiger partial charge on any atom is 0.191 e. The van der Waals surface area contributed by atoms with Gasteiger partial charge >= 0.3 is 0 Å². The zero-order valence-corrected chi connectivity index (χ0v) is 13.6. The van der Waals surface area contributed by atoms with Crippen LogP contribution in [0.25, 0.3) is 0 Å². The van der Waals surface area contributed by atoms with Crippen LogP contribution >= 0.6 is 0 Å². The first kappa shape index (κ1) is 16.3. The van der Waals surface area contributed by atoms with Crippen LogP contribution in [0.15, 0.2) is 11.2 Å². The van der Waals surface area contributed by atoms with Gasteiger partial charge < -0.3 is 15.4 Å². The lowest BCUT2D eigenvalue weighted by Crippen LogP contribution is -2.47. The van der Waals surface area contributed by atoms with Crippen LogP contribution in [0.3, 0.4) is 0 Å². The molecule has 0 aliphatic heterocycles. The summed E-state index contributed by atoms with van der Waals surface area (Å²) in [6.45, 7) is 10.9. The maximum absolute atomic E-state index is 5.42. The predicted octanol–water partition coefficient (Wildman–Crippen LogP) is 2.17. The summed E-state index contributed by atoms with van der Waals surface area (Å²) < 4.78 is 5.42. The molecular formula is C15H26N4O. The Morgan fingerprint density at radius 1 is 1.35 bits per heavy atom. The molecule has 2 N–H and O–H groups in total. The normalized spacial score (nSPS) is 12.2. The van der Waals surface area contributed by atoms with Gasteiger partial charge in [0, 0.05) is 29.9 Å². The van der Waals surface area contributed by atoms with Crippen LogP contribution in [0, 0.1) is 13.8 Å². The molecule has 1 aromatic heterocycles. The lowest BCUT2D eigenvalue weighted by Gasteiger charge is -2.24. The van der Waals surface area contributed by atoms with Crippen LogP contribution in [-0.4, -0.2) is 30.6 Å². The Balaban J connectivity index is 2.80. The highest BCUT2D eigenvalue weighted by Gasteiger charge is 2.13. The first-order valence-electron chi connectivity index (χ1n) is 6.76. The van der Waals surface area contributed by atoms with Gasteiger partial charge in [-0.2, -0.15) is 0 Å². The standard InChI is InChI=1S/C15H26N4O/c1-10-8-17-12(11(2)13(10)20-7)9-18-14(16-6)19-15(3,4)5/h8H,9H2,1-7H3,(H2,16,18,19). The van der Waals surface area contributed by atoms with Gasteiger partial charge in [-0.3, -0.25) is 9.98 Å². The quantitative estimate of drug-likeness (QED) is 0.657. The van der Waals surface area contributed by atoms with Gasteiger partial charge in [-0.25, -0.2) is 0 Å². The van der Waals surface area contributed by atoms with Gasteiger partial charge in [0.2, 0.25) is 0 Å². The molecule has 0 saturated heterocycles. The molecule has 0 saturated carbocycles. The van der Waals surface area contributed by atoms with E-state index in [1.165, 1.54) is 0 Å². The molecule has 0 amide bonds. The Hall–Kier alpha value is -1.78. The summed E-state index contributed by atoms with van der Waals surface area (Å²) in [5.41, 5.74) is 3.04. The SMILES string of the molecule is CN=C(NCc1ncc(C)c(OC)c1C)NC(C)(C)C. The summed E-state index contributed by atoms with van der Waals surface area (Å²) >= 11 is 0. The van der Waals surface area contributed by atoms with E-state index in [4.69, 9.17) is 4.74 Å². The summed E-state index contributed by atoms with van der Waals surface area (Å²) in [6.07, 6.45) is 1.84. The minimum atomic E-state index is -0.0325. The zero-order valence-electron chi connectivity index (χ0n) is 13.6. The van der Waals surface area contributed by atoms with Crippen molar-refractivity contribution in [2.24, 2.45) is 4.99 Å². The van der Waals surface area contributed by atoms with Gasteiger partial charge in [0.05, 0.1) is 19.3 Å². The van der Waals surface area contributed by atoms with Gasteiger partial charge in [-0.15, -0.1) is 0 Å². The second-order valence-corrected chi connectivity index (χ2v) is 5.85. The summed E-state index contributed by atoms with van der Waals surface area (Å²) in [7, 11) is 3.45. The highest BCUT2D eigenvalue weighted by atomic mass is 16.5. The van der Waals surface area contributed by atoms with Crippen molar-refractivity contribution in [2.45, 2.75) is 46.7 Å². The second-order valence-electron chi connectivity index (χ2n) is 5.85. The summed E-state index contributed by atoms with van der Waals surface area (Å²) in [4.78, 5) is 8.68. The summed E-state index contributed by atoms with van der Waals surface area (Å²) in [5.74, 6) is 1.66. The molecule has 112 valence electrons. The van der Waals surface area contributed by atoms with E-state index in [0.717, 1.165) is 28.5 Å². The Bertz CT molecular complexity index is 489. The average Bonchev–Trinajstić information content (AvgIpc) is 2.35. The van der Waals surface area contributed by atoms with Crippen LogP contribution in [-0.2, 0) is 6.54 Å². The number of methoxy groups -OCH3 is 1. The first-order valence-corrected chi connectivity index (χ1v) is 6.76. The molecule has 0 unspecified atom stereocenters. The number of ether oxygens (including phenoxy) is 1. The largest absolute Gasteiger partial charge is 0.496 e. The third-order valence-electron chi connectivity index (χ3n) is 2.89. The molecule has 0 aliphatic carbocycles. The fourth-order valence-electron chi connectivity index (χ4n) is 1.95. The second kappa shape index (κ2) is 6.59. The Morgan fingerprint density at radius 3 is 2.50 bits per heavy atom. The van der Waals surface area contributed by atoms with Crippen LogP contribution in [0.5, 0.6) is 5.75 Å². The lowest BCUT2D eigenvalue weighted by molar-refractivity contribution is 0.406. The molecule has 1 rings (SSSR count). The number of aliphatic imine (C=N–C) groups is 1. The highest BCUT2D eigenvalue weighted by Crippen LogP contribution is 2.23. The van der Waals surface area contributed by atoms with Crippen molar-refractivity contribution in [1.29, 1.82) is 0 Å². The van der Waals surface area contributed by atoms with Crippen LogP contribution in [0.2, 0.25) is 0 Å². The minimum Gasteiger partial charge on any atom is -0.496 e. The molecule has 0 aliphatic rings. The topological polar surface area (TPSA) is 58.5 Å². The Kier molecular flexibility index (Phi) is 5.36. The monoisotopic (exact) mass is 278 g/mol. The van der Waals surface area contributed by atoms with E-state index in [2.05, 4.69) is 41.4 Å². The van der Waals surface area contributed by atoms with Crippen molar-refractivity contribution in [3.8, 4) is 5.75 Å². The number of aromatic nitrogens is 1. The van der Waals surface area contributed by atoms with Gasteiger partial charge in [-0.1, -0.05) is 0 Å². The van der Waals surface area contributed by atoms with E-state index in [-0.39, 0.29) is 5.54 Å². The van der Waals surface area contributed by atoms with Gasteiger partial charge in [0.1, 0.15) is 5.75 Å². The van der Waals surface area contributed by atoms with Gasteiger partial charge in [0.25, 0.3) is 0 Å². The molecule has 0 fully saturated rings. The van der Waals surface area contributed by atoms with Gasteiger partial charge in [0.15, 0.2) is 5.96 Å². The minimum absolute atomic E-state index is 0.0325. The number of aryl methyl sites for hydroxylation is 1. The zero-order chi connectivity index (χ0) is 15.3. The summed E-state index contributed by atoms with van der Waals surface area (Å²) in [6, 6.07) is 0. The molecule has 0 spiro atoms. The molecule has 1 aromatic rings. The van der Waals surface area contributed by atoms with E-state index in [0.29, 0.717) is 6.54 Å². The van der Waals surface area contributed by atoms with Crippen molar-refractivity contribution < 1.29 is 4.74 Å². The molecule has 20 heavy (non-hydrogen) atoms. The number of nitrogens with one attached hydrogen (secondary N) is 2. The number of guanidine groups is 1. The van der Waals surface area contributed by atoms with Gasteiger partial charge in [-0.05, 0) is 34.6 Å². The van der Waals surface area contributed by atoms with Crippen LogP contribution in [0.1, 0.15) is 37.6 Å². The fourth-order valence-corrected chi connectivity index (χ4v) is 1.95. The number of pyridine rings is 1. The van der Waals surface area contributed by atoms with E-state index in [1.807, 2.05) is 20.0 Å². The maximum atomic E-state index is 5.42. The molecule has 1 heterocycles. The number of nitrogens with zero attached hydrogens (tertiary/aromatic N) is 2. The highest BCUT2D eigenvalue weighted by molar-refractivity contribution is 5.80. The van der Waals surface area contributed by atoms with E-state index >= 15 is 0 Å². The smallest absolute Gasteiger partial charge is 0.191 e. The number of hydrogen-bond acceptors (Lipinski definition) is 3.